The van der Waals surface area contributed by atoms with Gasteiger partial charge in [0.1, 0.15) is 0 Å². The molecule has 0 aliphatic rings. The average Bonchev–Trinajstić information content (AvgIpc) is 3.74. The minimum absolute atomic E-state index is 0. The quantitative estimate of drug-likeness (QED) is 0.0954. The third-order valence-electron chi connectivity index (χ3n) is 9.56. The van der Waals surface area contributed by atoms with Crippen LogP contribution in [0.4, 0.5) is 0 Å². The SMILES string of the molecule is CCCc1ccccc1-c1cccc2[cH-]c(C(C)CC)cc12.CCCc1ccccc1-c1cccc2[cH-]c(C(C)CC)cc12.C[Si]C.[Hf]. The summed E-state index contributed by atoms with van der Waals surface area (Å²) in [7, 11) is 1.08. The Kier molecular flexibility index (Phi) is 16.5. The number of fused-ring (bicyclic) bond motifs is 2. The van der Waals surface area contributed by atoms with Crippen LogP contribution in [-0.4, -0.2) is 9.52 Å². The van der Waals surface area contributed by atoms with Gasteiger partial charge in [-0.15, -0.1) is 69.1 Å². The van der Waals surface area contributed by atoms with Crippen molar-refractivity contribution < 1.29 is 25.8 Å². The van der Waals surface area contributed by atoms with Crippen LogP contribution in [0.5, 0.6) is 0 Å². The van der Waals surface area contributed by atoms with E-state index in [4.69, 9.17) is 0 Å². The van der Waals surface area contributed by atoms with Crippen molar-refractivity contribution in [2.75, 3.05) is 0 Å². The molecule has 0 spiro atoms. The fourth-order valence-corrected chi connectivity index (χ4v) is 6.57. The molecule has 0 amide bonds. The Hall–Kier alpha value is -2.81. The fraction of sp³-hybridized carbons (Fsp3) is 0.348. The first-order valence-corrected chi connectivity index (χ1v) is 20.0. The van der Waals surface area contributed by atoms with Gasteiger partial charge >= 0.3 is 0 Å². The van der Waals surface area contributed by atoms with E-state index in [1.165, 1.54) is 91.7 Å². The van der Waals surface area contributed by atoms with Gasteiger partial charge < -0.3 is 0 Å². The summed E-state index contributed by atoms with van der Waals surface area (Å²) in [6.07, 6.45) is 7.05. The summed E-state index contributed by atoms with van der Waals surface area (Å²) in [4.78, 5) is 0. The Morgan fingerprint density at radius 2 is 0.875 bits per heavy atom. The molecule has 2 atom stereocenters. The van der Waals surface area contributed by atoms with E-state index in [1.807, 2.05) is 0 Å². The van der Waals surface area contributed by atoms with Gasteiger partial charge in [-0.3, -0.25) is 0 Å². The molecule has 2 unspecified atom stereocenters. The molecule has 250 valence electrons. The maximum atomic E-state index is 2.40. The van der Waals surface area contributed by atoms with Crippen molar-refractivity contribution in [2.45, 2.75) is 105 Å². The van der Waals surface area contributed by atoms with Crippen LogP contribution in [0.3, 0.4) is 0 Å². The second kappa shape index (κ2) is 20.0. The van der Waals surface area contributed by atoms with Crippen LogP contribution in [0.15, 0.2) is 109 Å². The maximum Gasteiger partial charge on any atom is 0.0307 e. The number of aryl methyl sites for hydroxylation is 2. The molecule has 0 nitrogen and oxygen atoms in total. The van der Waals surface area contributed by atoms with E-state index in [0.29, 0.717) is 11.8 Å². The van der Waals surface area contributed by atoms with Crippen molar-refractivity contribution >= 4 is 31.1 Å². The third-order valence-corrected chi connectivity index (χ3v) is 9.56. The molecule has 6 rings (SSSR count). The molecule has 0 bridgehead atoms. The minimum Gasteiger partial charge on any atom is -0.164 e. The van der Waals surface area contributed by atoms with Gasteiger partial charge in [-0.05, 0) is 46.9 Å². The van der Waals surface area contributed by atoms with E-state index >= 15 is 0 Å². The number of hydrogen-bond acceptors (Lipinski definition) is 0. The van der Waals surface area contributed by atoms with Gasteiger partial charge in [-0.1, -0.05) is 152 Å². The molecule has 0 saturated heterocycles. The molecule has 48 heavy (non-hydrogen) atoms. The normalized spacial score (nSPS) is 12.0. The Bertz CT molecular complexity index is 1690. The zero-order valence-corrected chi connectivity index (χ0v) is 35.4. The predicted molar refractivity (Wildman–Crippen MR) is 213 cm³/mol. The molecule has 6 aromatic rings. The maximum absolute atomic E-state index is 2.40. The largest absolute Gasteiger partial charge is 0.164 e. The first-order chi connectivity index (χ1) is 22.9. The van der Waals surface area contributed by atoms with Gasteiger partial charge in [0.05, 0.1) is 0 Å². The number of hydrogen-bond donors (Lipinski definition) is 0. The summed E-state index contributed by atoms with van der Waals surface area (Å²) in [5, 5.41) is 5.56. The second-order valence-electron chi connectivity index (χ2n) is 13.1. The summed E-state index contributed by atoms with van der Waals surface area (Å²) in [6.45, 7) is 18.0. The Morgan fingerprint density at radius 1 is 0.521 bits per heavy atom. The minimum atomic E-state index is 0. The average molecular weight is 816 g/mol. The van der Waals surface area contributed by atoms with E-state index in [-0.39, 0.29) is 25.8 Å². The molecule has 2 radical (unpaired) electrons. The van der Waals surface area contributed by atoms with Crippen molar-refractivity contribution in [1.29, 1.82) is 0 Å². The second-order valence-corrected chi connectivity index (χ2v) is 14.1. The molecule has 0 fully saturated rings. The Morgan fingerprint density at radius 3 is 1.23 bits per heavy atom. The zero-order valence-electron chi connectivity index (χ0n) is 30.8. The molecule has 6 aromatic carbocycles. The van der Waals surface area contributed by atoms with Gasteiger partial charge in [0.2, 0.25) is 0 Å². The molecule has 2 heteroatoms. The molecule has 0 heterocycles. The van der Waals surface area contributed by atoms with E-state index in [1.54, 1.807) is 0 Å². The summed E-state index contributed by atoms with van der Waals surface area (Å²) >= 11 is 0. The van der Waals surface area contributed by atoms with Crippen LogP contribution in [0.1, 0.15) is 101 Å². The van der Waals surface area contributed by atoms with E-state index in [2.05, 4.69) is 164 Å². The van der Waals surface area contributed by atoms with Crippen LogP contribution < -0.4 is 0 Å². The number of rotatable bonds is 10. The predicted octanol–water partition coefficient (Wildman–Crippen LogP) is 14.2. The van der Waals surface area contributed by atoms with Crippen molar-refractivity contribution in [2.24, 2.45) is 0 Å². The standard InChI is InChI=1S/2C22H25.C2H6Si.Hf/c2*1-4-9-17-10-6-7-12-20(17)21-13-8-11-18-14-19(15-22(18)21)16(3)5-2;1-3-2;/h2*6-8,10-16H,4-5,9H2,1-3H3;1-2H3;/q2*-1;;. The van der Waals surface area contributed by atoms with Crippen LogP contribution in [-0.2, 0) is 38.7 Å². The summed E-state index contributed by atoms with van der Waals surface area (Å²) in [5.41, 5.74) is 11.4. The number of benzene rings is 4. The molecule has 0 saturated carbocycles. The molecule has 0 aliphatic carbocycles. The first kappa shape index (κ1) is 39.6. The molecule has 0 aliphatic heterocycles. The van der Waals surface area contributed by atoms with E-state index in [0.717, 1.165) is 22.4 Å². The van der Waals surface area contributed by atoms with Gasteiger partial charge in [0.25, 0.3) is 0 Å². The van der Waals surface area contributed by atoms with Gasteiger partial charge in [0, 0.05) is 35.4 Å². The van der Waals surface area contributed by atoms with Crippen molar-refractivity contribution in [3.63, 3.8) is 0 Å². The van der Waals surface area contributed by atoms with Crippen molar-refractivity contribution in [3.8, 4) is 22.3 Å². The van der Waals surface area contributed by atoms with Crippen molar-refractivity contribution in [1.82, 2.24) is 0 Å². The van der Waals surface area contributed by atoms with E-state index in [9.17, 15) is 0 Å². The molecule has 0 N–H and O–H groups in total. The van der Waals surface area contributed by atoms with Crippen molar-refractivity contribution in [3.05, 3.63) is 131 Å². The van der Waals surface area contributed by atoms with Crippen LogP contribution >= 0.6 is 0 Å². The van der Waals surface area contributed by atoms with Crippen LogP contribution in [0, 0.1) is 0 Å². The van der Waals surface area contributed by atoms with Crippen LogP contribution in [0.2, 0.25) is 13.1 Å². The zero-order chi connectivity index (χ0) is 33.8. The van der Waals surface area contributed by atoms with E-state index < -0.39 is 0 Å². The van der Waals surface area contributed by atoms with Gasteiger partial charge in [-0.2, -0.15) is 12.1 Å². The molecular weight excluding hydrogens is 759 g/mol. The van der Waals surface area contributed by atoms with Crippen LogP contribution in [0.25, 0.3) is 43.8 Å². The summed E-state index contributed by atoms with van der Waals surface area (Å²) in [5.74, 6) is 1.26. The summed E-state index contributed by atoms with van der Waals surface area (Å²) in [6, 6.07) is 40.7. The monoisotopic (exact) mass is 816 g/mol. The Balaban J connectivity index is 0.000000236. The van der Waals surface area contributed by atoms with Gasteiger partial charge in [0.15, 0.2) is 0 Å². The molecular formula is C46H56HfSi-2. The topological polar surface area (TPSA) is 0 Å². The third kappa shape index (κ3) is 9.66. The molecule has 0 aromatic heterocycles. The first-order valence-electron chi connectivity index (χ1n) is 18.0. The summed E-state index contributed by atoms with van der Waals surface area (Å²) < 4.78 is 0. The Labute approximate surface area is 313 Å². The fourth-order valence-electron chi connectivity index (χ4n) is 6.57. The van der Waals surface area contributed by atoms with Gasteiger partial charge in [-0.25, -0.2) is 0 Å². The smallest absolute Gasteiger partial charge is 0.0307 e.